The fraction of sp³-hybridized carbons (Fsp3) is 0.286. The van der Waals surface area contributed by atoms with Crippen molar-refractivity contribution in [2.45, 2.75) is 6.54 Å². The van der Waals surface area contributed by atoms with Gasteiger partial charge in [-0.05, 0) is 11.6 Å². The van der Waals surface area contributed by atoms with Crippen molar-refractivity contribution in [2.24, 2.45) is 5.11 Å². The van der Waals surface area contributed by atoms with Gasteiger partial charge in [-0.25, -0.2) is 4.79 Å². The molecule has 0 spiro atoms. The fourth-order valence-electron chi connectivity index (χ4n) is 0.851. The third-order valence-corrected chi connectivity index (χ3v) is 1.78. The molecule has 0 bridgehead atoms. The highest BCUT2D eigenvalue weighted by Crippen LogP contribution is 2.14. The lowest BCUT2D eigenvalue weighted by atomic mass is 10.2. The van der Waals surface area contributed by atoms with Crippen molar-refractivity contribution in [3.05, 3.63) is 32.9 Å². The van der Waals surface area contributed by atoms with E-state index in [0.717, 1.165) is 0 Å². The van der Waals surface area contributed by atoms with Crippen LogP contribution in [0.1, 0.15) is 16.1 Å². The van der Waals surface area contributed by atoms with E-state index in [-0.39, 0.29) is 17.3 Å². The van der Waals surface area contributed by atoms with Crippen LogP contribution in [-0.4, -0.2) is 23.3 Å². The zero-order valence-electron chi connectivity index (χ0n) is 7.71. The normalized spacial score (nSPS) is 9.20. The molecule has 0 saturated carbocycles. The number of azide groups is 1. The van der Waals surface area contributed by atoms with Crippen LogP contribution in [-0.2, 0) is 11.3 Å². The van der Waals surface area contributed by atoms with Gasteiger partial charge in [0.15, 0.2) is 5.15 Å². The summed E-state index contributed by atoms with van der Waals surface area (Å²) in [7, 11) is 1.23. The standard InChI is InChI=1S/C7H6ClN5O2/c1-15-7(14)5-2-4(3-10-13-9)11-12-6(5)8/h2H,3H2,1H3. The number of hydrogen-bond acceptors (Lipinski definition) is 5. The number of esters is 1. The molecule has 1 heterocycles. The number of hydrogen-bond donors (Lipinski definition) is 0. The van der Waals surface area contributed by atoms with Gasteiger partial charge in [0.05, 0.1) is 19.3 Å². The highest BCUT2D eigenvalue weighted by Gasteiger charge is 2.13. The summed E-state index contributed by atoms with van der Waals surface area (Å²) >= 11 is 5.63. The first kappa shape index (κ1) is 11.2. The summed E-state index contributed by atoms with van der Waals surface area (Å²) in [6, 6.07) is 1.37. The molecule has 78 valence electrons. The second-order valence-corrected chi connectivity index (χ2v) is 2.78. The molecule has 0 saturated heterocycles. The Labute approximate surface area is 89.6 Å². The van der Waals surface area contributed by atoms with Gasteiger partial charge in [-0.1, -0.05) is 16.7 Å². The third kappa shape index (κ3) is 2.80. The van der Waals surface area contributed by atoms with Gasteiger partial charge in [-0.3, -0.25) is 0 Å². The van der Waals surface area contributed by atoms with Crippen LogP contribution in [0, 0.1) is 0 Å². The van der Waals surface area contributed by atoms with Crippen molar-refractivity contribution >= 4 is 17.6 Å². The van der Waals surface area contributed by atoms with E-state index in [1.807, 2.05) is 0 Å². The molecule has 0 radical (unpaired) electrons. The Morgan fingerprint density at radius 2 is 2.47 bits per heavy atom. The highest BCUT2D eigenvalue weighted by molar-refractivity contribution is 6.32. The Morgan fingerprint density at radius 1 is 1.73 bits per heavy atom. The monoisotopic (exact) mass is 227 g/mol. The van der Waals surface area contributed by atoms with Crippen LogP contribution < -0.4 is 0 Å². The molecular weight excluding hydrogens is 222 g/mol. The maximum atomic E-state index is 11.2. The van der Waals surface area contributed by atoms with E-state index < -0.39 is 5.97 Å². The highest BCUT2D eigenvalue weighted by atomic mass is 35.5. The first-order chi connectivity index (χ1) is 7.19. The molecule has 0 atom stereocenters. The van der Waals surface area contributed by atoms with Gasteiger partial charge < -0.3 is 4.74 Å². The molecule has 1 rings (SSSR count). The smallest absolute Gasteiger partial charge is 0.341 e. The third-order valence-electron chi connectivity index (χ3n) is 1.50. The lowest BCUT2D eigenvalue weighted by Crippen LogP contribution is -2.06. The van der Waals surface area contributed by atoms with Crippen molar-refractivity contribution in [1.82, 2.24) is 10.2 Å². The quantitative estimate of drug-likeness (QED) is 0.340. The number of methoxy groups -OCH3 is 1. The van der Waals surface area contributed by atoms with E-state index in [1.165, 1.54) is 13.2 Å². The van der Waals surface area contributed by atoms with Crippen LogP contribution in [0.25, 0.3) is 10.4 Å². The van der Waals surface area contributed by atoms with Crippen LogP contribution in [0.3, 0.4) is 0 Å². The van der Waals surface area contributed by atoms with E-state index in [1.54, 1.807) is 0 Å². The van der Waals surface area contributed by atoms with Gasteiger partial charge in [-0.15, -0.1) is 5.10 Å². The molecular formula is C7H6ClN5O2. The second-order valence-electron chi connectivity index (χ2n) is 2.42. The van der Waals surface area contributed by atoms with Gasteiger partial charge in [-0.2, -0.15) is 5.10 Å². The number of rotatable bonds is 3. The lowest BCUT2D eigenvalue weighted by molar-refractivity contribution is 0.0600. The Morgan fingerprint density at radius 3 is 3.07 bits per heavy atom. The first-order valence-electron chi connectivity index (χ1n) is 3.80. The Balaban J connectivity index is 3.04. The van der Waals surface area contributed by atoms with Crippen LogP contribution in [0.4, 0.5) is 0 Å². The van der Waals surface area contributed by atoms with Crippen LogP contribution in [0.5, 0.6) is 0 Å². The summed E-state index contributed by atoms with van der Waals surface area (Å²) in [6.07, 6.45) is 0. The van der Waals surface area contributed by atoms with E-state index >= 15 is 0 Å². The molecule has 0 amide bonds. The summed E-state index contributed by atoms with van der Waals surface area (Å²) in [4.78, 5) is 13.7. The molecule has 0 aliphatic rings. The number of carbonyl (C=O) groups excluding carboxylic acids is 1. The van der Waals surface area contributed by atoms with Crippen molar-refractivity contribution in [3.8, 4) is 0 Å². The average Bonchev–Trinajstić information content (AvgIpc) is 2.27. The van der Waals surface area contributed by atoms with Crippen LogP contribution in [0.15, 0.2) is 11.2 Å². The van der Waals surface area contributed by atoms with E-state index in [9.17, 15) is 4.79 Å². The summed E-state index contributed by atoms with van der Waals surface area (Å²) < 4.78 is 4.48. The molecule has 8 heteroatoms. The lowest BCUT2D eigenvalue weighted by Gasteiger charge is -2.01. The largest absolute Gasteiger partial charge is 0.465 e. The number of halogens is 1. The molecule has 0 aliphatic carbocycles. The van der Waals surface area contributed by atoms with E-state index in [0.29, 0.717) is 5.69 Å². The summed E-state index contributed by atoms with van der Waals surface area (Å²) in [6.45, 7) is 0.00463. The Kier molecular flexibility index (Phi) is 3.84. The minimum Gasteiger partial charge on any atom is -0.465 e. The SMILES string of the molecule is COC(=O)c1cc(CN=[N+]=[N-])nnc1Cl. The fourth-order valence-corrected chi connectivity index (χ4v) is 1.02. The topological polar surface area (TPSA) is 101 Å². The van der Waals surface area contributed by atoms with Gasteiger partial charge in [0.25, 0.3) is 0 Å². The van der Waals surface area contributed by atoms with Crippen molar-refractivity contribution in [1.29, 1.82) is 0 Å². The van der Waals surface area contributed by atoms with Crippen molar-refractivity contribution in [3.63, 3.8) is 0 Å². The summed E-state index contributed by atoms with van der Waals surface area (Å²) in [5.41, 5.74) is 8.54. The van der Waals surface area contributed by atoms with Gasteiger partial charge >= 0.3 is 5.97 Å². The van der Waals surface area contributed by atoms with E-state index in [4.69, 9.17) is 17.1 Å². The predicted octanol–water partition coefficient (Wildman–Crippen LogP) is 1.73. The van der Waals surface area contributed by atoms with Crippen LogP contribution >= 0.6 is 11.6 Å². The maximum Gasteiger partial charge on any atom is 0.341 e. The van der Waals surface area contributed by atoms with Gasteiger partial charge in [0.2, 0.25) is 0 Å². The second kappa shape index (κ2) is 5.14. The van der Waals surface area contributed by atoms with Gasteiger partial charge in [0, 0.05) is 4.91 Å². The molecule has 1 aromatic heterocycles. The first-order valence-corrected chi connectivity index (χ1v) is 4.18. The van der Waals surface area contributed by atoms with Crippen molar-refractivity contribution in [2.75, 3.05) is 7.11 Å². The molecule has 0 unspecified atom stereocenters. The molecule has 0 N–H and O–H groups in total. The maximum absolute atomic E-state index is 11.2. The minimum atomic E-state index is -0.614. The predicted molar refractivity (Wildman–Crippen MR) is 51.2 cm³/mol. The number of aromatic nitrogens is 2. The number of ether oxygens (including phenoxy) is 1. The summed E-state index contributed by atoms with van der Waals surface area (Å²) in [5, 5.41) is 10.4. The Bertz CT molecular complexity index is 429. The Hall–Kier alpha value is -1.85. The van der Waals surface area contributed by atoms with Crippen molar-refractivity contribution < 1.29 is 9.53 Å². The zero-order valence-corrected chi connectivity index (χ0v) is 8.47. The molecule has 1 aromatic rings. The number of carbonyl (C=O) groups is 1. The molecule has 7 nitrogen and oxygen atoms in total. The molecule has 0 aromatic carbocycles. The average molecular weight is 228 g/mol. The molecule has 0 fully saturated rings. The van der Waals surface area contributed by atoms with Crippen LogP contribution in [0.2, 0.25) is 5.15 Å². The number of nitrogens with zero attached hydrogens (tertiary/aromatic N) is 5. The molecule has 15 heavy (non-hydrogen) atoms. The van der Waals surface area contributed by atoms with E-state index in [2.05, 4.69) is 25.0 Å². The van der Waals surface area contributed by atoms with Gasteiger partial charge in [0.1, 0.15) is 5.56 Å². The minimum absolute atomic E-state index is 0.00463. The summed E-state index contributed by atoms with van der Waals surface area (Å²) in [5.74, 6) is -0.614. The molecule has 0 aliphatic heterocycles. The zero-order chi connectivity index (χ0) is 11.3.